The van der Waals surface area contributed by atoms with E-state index in [2.05, 4.69) is 23.5 Å². The molecule has 0 radical (unpaired) electrons. The van der Waals surface area contributed by atoms with Crippen LogP contribution in [0.15, 0.2) is 42.5 Å². The van der Waals surface area contributed by atoms with Gasteiger partial charge in [-0.1, -0.05) is 42.0 Å². The van der Waals surface area contributed by atoms with Crippen molar-refractivity contribution in [1.82, 2.24) is 4.98 Å². The van der Waals surface area contributed by atoms with Gasteiger partial charge in [0.15, 0.2) is 5.13 Å². The summed E-state index contributed by atoms with van der Waals surface area (Å²) in [7, 11) is 0. The minimum Gasteiger partial charge on any atom is -0.298 e. The van der Waals surface area contributed by atoms with Gasteiger partial charge in [0.1, 0.15) is 0 Å². The van der Waals surface area contributed by atoms with Crippen LogP contribution in [0.25, 0.3) is 11.3 Å². The number of hydrogen-bond donors (Lipinski definition) is 1. The van der Waals surface area contributed by atoms with Crippen LogP contribution in [0.1, 0.15) is 31.9 Å². The summed E-state index contributed by atoms with van der Waals surface area (Å²) in [5.74, 6) is -0.0908. The molecule has 1 aliphatic carbocycles. The Balaban J connectivity index is 1.63. The third kappa shape index (κ3) is 2.63. The predicted molar refractivity (Wildman–Crippen MR) is 98.8 cm³/mol. The summed E-state index contributed by atoms with van der Waals surface area (Å²) >= 11 is 1.59. The van der Waals surface area contributed by atoms with E-state index in [1.165, 1.54) is 16.0 Å². The summed E-state index contributed by atoms with van der Waals surface area (Å²) in [4.78, 5) is 18.5. The van der Waals surface area contributed by atoms with Gasteiger partial charge in [-0.25, -0.2) is 4.98 Å². The van der Waals surface area contributed by atoms with Crippen LogP contribution in [0.2, 0.25) is 0 Å². The van der Waals surface area contributed by atoms with Crippen LogP contribution >= 0.6 is 11.3 Å². The second-order valence-electron chi connectivity index (χ2n) is 6.22. The number of aryl methyl sites for hydroxylation is 4. The fourth-order valence-electron chi connectivity index (χ4n) is 3.24. The van der Waals surface area contributed by atoms with Gasteiger partial charge >= 0.3 is 0 Å². The minimum atomic E-state index is -0.0908. The van der Waals surface area contributed by atoms with E-state index >= 15 is 0 Å². The molecule has 1 amide bonds. The molecule has 0 unspecified atom stereocenters. The monoisotopic (exact) mass is 334 g/mol. The van der Waals surface area contributed by atoms with Crippen LogP contribution < -0.4 is 5.32 Å². The first-order chi connectivity index (χ1) is 11.6. The number of fused-ring (bicyclic) bond motifs is 3. The number of benzene rings is 2. The topological polar surface area (TPSA) is 42.0 Å². The van der Waals surface area contributed by atoms with E-state index in [0.717, 1.165) is 29.7 Å². The fraction of sp³-hybridized carbons (Fsp3) is 0.200. The van der Waals surface area contributed by atoms with Crippen molar-refractivity contribution in [3.8, 4) is 11.3 Å². The van der Waals surface area contributed by atoms with Crippen LogP contribution in [-0.2, 0) is 12.8 Å². The SMILES string of the molecule is Cc1ccc(C(=O)Nc2nc3c(s2)CCc2ccccc2-3)c(C)c1. The van der Waals surface area contributed by atoms with Gasteiger partial charge in [0.25, 0.3) is 5.91 Å². The average molecular weight is 334 g/mol. The number of nitrogens with zero attached hydrogens (tertiary/aromatic N) is 1. The molecule has 3 nitrogen and oxygen atoms in total. The molecule has 4 rings (SSSR count). The molecule has 1 N–H and O–H groups in total. The van der Waals surface area contributed by atoms with Crippen molar-refractivity contribution in [3.05, 3.63) is 69.6 Å². The Morgan fingerprint density at radius 1 is 1.12 bits per heavy atom. The summed E-state index contributed by atoms with van der Waals surface area (Å²) in [5, 5.41) is 3.66. The van der Waals surface area contributed by atoms with Crippen LogP contribution in [0.3, 0.4) is 0 Å². The van der Waals surface area contributed by atoms with Crippen molar-refractivity contribution in [2.75, 3.05) is 5.32 Å². The molecule has 3 aromatic rings. The molecule has 0 saturated heterocycles. The van der Waals surface area contributed by atoms with Gasteiger partial charge in [-0.3, -0.25) is 10.1 Å². The van der Waals surface area contributed by atoms with E-state index < -0.39 is 0 Å². The average Bonchev–Trinajstić information content (AvgIpc) is 2.97. The lowest BCUT2D eigenvalue weighted by molar-refractivity contribution is 0.102. The number of aromatic nitrogens is 1. The van der Waals surface area contributed by atoms with Crippen molar-refractivity contribution >= 4 is 22.4 Å². The lowest BCUT2D eigenvalue weighted by atomic mass is 9.94. The summed E-state index contributed by atoms with van der Waals surface area (Å²) in [6.45, 7) is 3.99. The molecule has 2 aromatic carbocycles. The highest BCUT2D eigenvalue weighted by atomic mass is 32.1. The summed E-state index contributed by atoms with van der Waals surface area (Å²) in [5.41, 5.74) is 6.40. The Morgan fingerprint density at radius 2 is 1.96 bits per heavy atom. The maximum atomic E-state index is 12.6. The third-order valence-electron chi connectivity index (χ3n) is 4.44. The molecule has 1 aliphatic rings. The van der Waals surface area contributed by atoms with Crippen molar-refractivity contribution in [3.63, 3.8) is 0 Å². The van der Waals surface area contributed by atoms with Gasteiger partial charge in [-0.05, 0) is 43.9 Å². The van der Waals surface area contributed by atoms with Crippen LogP contribution in [-0.4, -0.2) is 10.9 Å². The number of nitrogens with one attached hydrogen (secondary N) is 1. The molecule has 0 fully saturated rings. The lowest BCUT2D eigenvalue weighted by Crippen LogP contribution is -2.13. The van der Waals surface area contributed by atoms with E-state index in [-0.39, 0.29) is 5.91 Å². The first kappa shape index (κ1) is 15.1. The van der Waals surface area contributed by atoms with Crippen molar-refractivity contribution in [2.24, 2.45) is 0 Å². The van der Waals surface area contributed by atoms with E-state index in [1.54, 1.807) is 11.3 Å². The van der Waals surface area contributed by atoms with Gasteiger partial charge in [0, 0.05) is 16.0 Å². The van der Waals surface area contributed by atoms with E-state index in [0.29, 0.717) is 10.7 Å². The molecule has 0 saturated carbocycles. The molecule has 0 atom stereocenters. The molecule has 0 spiro atoms. The Labute approximate surface area is 145 Å². The van der Waals surface area contributed by atoms with Crippen LogP contribution in [0, 0.1) is 13.8 Å². The smallest absolute Gasteiger partial charge is 0.257 e. The Kier molecular flexibility index (Phi) is 3.69. The molecule has 24 heavy (non-hydrogen) atoms. The normalized spacial score (nSPS) is 12.4. The highest BCUT2D eigenvalue weighted by Gasteiger charge is 2.21. The number of thiazole rings is 1. The highest BCUT2D eigenvalue weighted by Crippen LogP contribution is 2.38. The molecular weight excluding hydrogens is 316 g/mol. The van der Waals surface area contributed by atoms with E-state index in [4.69, 9.17) is 4.98 Å². The molecule has 0 aliphatic heterocycles. The first-order valence-corrected chi connectivity index (χ1v) is 8.90. The van der Waals surface area contributed by atoms with Crippen molar-refractivity contribution < 1.29 is 4.79 Å². The number of carbonyl (C=O) groups is 1. The maximum absolute atomic E-state index is 12.6. The second kappa shape index (κ2) is 5.87. The quantitative estimate of drug-likeness (QED) is 0.733. The zero-order valence-corrected chi connectivity index (χ0v) is 14.5. The molecule has 0 bridgehead atoms. The third-order valence-corrected chi connectivity index (χ3v) is 5.47. The van der Waals surface area contributed by atoms with E-state index in [9.17, 15) is 4.79 Å². The standard InChI is InChI=1S/C20H18N2OS/c1-12-7-9-15(13(2)11-12)19(23)22-20-21-18-16-6-4-3-5-14(16)8-10-17(18)24-20/h3-7,9,11H,8,10H2,1-2H3,(H,21,22,23). The van der Waals surface area contributed by atoms with Crippen molar-refractivity contribution in [1.29, 1.82) is 0 Å². The molecule has 120 valence electrons. The number of amides is 1. The predicted octanol–water partition coefficient (Wildman–Crippen LogP) is 4.78. The van der Waals surface area contributed by atoms with Crippen LogP contribution in [0.4, 0.5) is 5.13 Å². The fourth-order valence-corrected chi connectivity index (χ4v) is 4.21. The molecule has 1 aromatic heterocycles. The summed E-state index contributed by atoms with van der Waals surface area (Å²) < 4.78 is 0. The van der Waals surface area contributed by atoms with Gasteiger partial charge < -0.3 is 0 Å². The molecular formula is C20H18N2OS. The lowest BCUT2D eigenvalue weighted by Gasteiger charge is -2.13. The van der Waals surface area contributed by atoms with Crippen LogP contribution in [0.5, 0.6) is 0 Å². The van der Waals surface area contributed by atoms with Crippen molar-refractivity contribution in [2.45, 2.75) is 26.7 Å². The number of anilines is 1. The van der Waals surface area contributed by atoms with Gasteiger partial charge in [-0.15, -0.1) is 11.3 Å². The summed E-state index contributed by atoms with van der Waals surface area (Å²) in [6.07, 6.45) is 2.03. The first-order valence-electron chi connectivity index (χ1n) is 8.08. The zero-order valence-electron chi connectivity index (χ0n) is 13.7. The number of carbonyl (C=O) groups excluding carboxylic acids is 1. The maximum Gasteiger partial charge on any atom is 0.257 e. The van der Waals surface area contributed by atoms with Gasteiger partial charge in [0.05, 0.1) is 5.69 Å². The molecule has 4 heteroatoms. The Hall–Kier alpha value is -2.46. The minimum absolute atomic E-state index is 0.0908. The molecule has 1 heterocycles. The second-order valence-corrected chi connectivity index (χ2v) is 7.30. The zero-order chi connectivity index (χ0) is 16.7. The summed E-state index contributed by atoms with van der Waals surface area (Å²) in [6, 6.07) is 14.3. The largest absolute Gasteiger partial charge is 0.298 e. The van der Waals surface area contributed by atoms with Gasteiger partial charge in [0.2, 0.25) is 0 Å². The number of hydrogen-bond acceptors (Lipinski definition) is 3. The van der Waals surface area contributed by atoms with Gasteiger partial charge in [-0.2, -0.15) is 0 Å². The number of rotatable bonds is 2. The Bertz CT molecular complexity index is 943. The Morgan fingerprint density at radius 3 is 2.79 bits per heavy atom. The van der Waals surface area contributed by atoms with E-state index in [1.807, 2.05) is 38.1 Å². The highest BCUT2D eigenvalue weighted by molar-refractivity contribution is 7.16.